The van der Waals surface area contributed by atoms with E-state index in [2.05, 4.69) is 0 Å². The topological polar surface area (TPSA) is 93.1 Å². The molecule has 2 aromatic rings. The molecule has 0 bridgehead atoms. The average Bonchev–Trinajstić information content (AvgIpc) is 2.58. The first-order valence-corrected chi connectivity index (χ1v) is 9.44. The summed E-state index contributed by atoms with van der Waals surface area (Å²) in [5.41, 5.74) is 0.655. The van der Waals surface area contributed by atoms with Gasteiger partial charge in [-0.15, -0.1) is 0 Å². The minimum absolute atomic E-state index is 0.342. The maximum absolute atomic E-state index is 11.3. The summed E-state index contributed by atoms with van der Waals surface area (Å²) in [6, 6.07) is 13.6. The third kappa shape index (κ3) is 5.61. The number of rotatable bonds is 8. The van der Waals surface area contributed by atoms with Gasteiger partial charge in [0, 0.05) is 17.0 Å². The molecule has 0 aliphatic heterocycles. The number of aliphatic hydroxyl groups is 1. The summed E-state index contributed by atoms with van der Waals surface area (Å²) in [5.74, 6) is -0.803. The van der Waals surface area contributed by atoms with Crippen LogP contribution in [0.4, 0.5) is 0 Å². The fraction of sp³-hybridized carbons (Fsp3) is 0.294. The maximum atomic E-state index is 11.3. The van der Waals surface area contributed by atoms with Crippen molar-refractivity contribution in [3.8, 4) is 11.5 Å². The van der Waals surface area contributed by atoms with Gasteiger partial charge in [0.1, 0.15) is 6.10 Å². The van der Waals surface area contributed by atoms with Crippen LogP contribution in [0.2, 0.25) is 5.02 Å². The number of benzene rings is 2. The van der Waals surface area contributed by atoms with Crippen molar-refractivity contribution in [2.45, 2.75) is 6.10 Å². The van der Waals surface area contributed by atoms with E-state index in [9.17, 15) is 18.1 Å². The van der Waals surface area contributed by atoms with Gasteiger partial charge in [-0.3, -0.25) is 4.55 Å². The van der Waals surface area contributed by atoms with Crippen molar-refractivity contribution in [3.05, 3.63) is 59.1 Å². The van der Waals surface area contributed by atoms with Crippen molar-refractivity contribution < 1.29 is 27.6 Å². The van der Waals surface area contributed by atoms with Crippen LogP contribution in [0.1, 0.15) is 11.7 Å². The number of hydrogen-bond donors (Lipinski definition) is 2. The van der Waals surface area contributed by atoms with Gasteiger partial charge >= 0.3 is 0 Å². The monoisotopic (exact) mass is 386 g/mol. The second-order valence-corrected chi connectivity index (χ2v) is 7.37. The van der Waals surface area contributed by atoms with E-state index in [1.807, 2.05) is 0 Å². The zero-order chi connectivity index (χ0) is 18.4. The van der Waals surface area contributed by atoms with E-state index >= 15 is 0 Å². The summed E-state index contributed by atoms with van der Waals surface area (Å²) in [4.78, 5) is 0. The minimum atomic E-state index is -4.30. The summed E-state index contributed by atoms with van der Waals surface area (Å²) in [6.45, 7) is -0.491. The van der Waals surface area contributed by atoms with Crippen molar-refractivity contribution in [2.75, 3.05) is 19.5 Å². The van der Waals surface area contributed by atoms with E-state index in [4.69, 9.17) is 21.1 Å². The summed E-state index contributed by atoms with van der Waals surface area (Å²) >= 11 is 5.94. The minimum Gasteiger partial charge on any atom is -0.493 e. The summed E-state index contributed by atoms with van der Waals surface area (Å²) in [6.07, 6.45) is -0.816. The SMILES string of the molecule is COc1cc(Cl)ccc1O[C@H](c1ccccc1)[C@@H](CO)CS(=O)(=O)O. The van der Waals surface area contributed by atoms with Crippen LogP contribution in [-0.2, 0) is 10.1 Å². The van der Waals surface area contributed by atoms with E-state index in [0.717, 1.165) is 0 Å². The molecule has 0 spiro atoms. The second-order valence-electron chi connectivity index (χ2n) is 5.44. The van der Waals surface area contributed by atoms with Crippen molar-refractivity contribution in [3.63, 3.8) is 0 Å². The van der Waals surface area contributed by atoms with Crippen molar-refractivity contribution >= 4 is 21.7 Å². The molecule has 0 saturated carbocycles. The number of aliphatic hydroxyl groups excluding tert-OH is 1. The van der Waals surface area contributed by atoms with Gasteiger partial charge in [0.25, 0.3) is 10.1 Å². The Morgan fingerprint density at radius 1 is 1.12 bits per heavy atom. The number of ether oxygens (including phenoxy) is 2. The van der Waals surface area contributed by atoms with Gasteiger partial charge in [0.05, 0.1) is 19.5 Å². The Kier molecular flexibility index (Phi) is 6.66. The van der Waals surface area contributed by atoms with Crippen LogP contribution < -0.4 is 9.47 Å². The predicted molar refractivity (Wildman–Crippen MR) is 94.8 cm³/mol. The normalized spacial score (nSPS) is 13.9. The summed E-state index contributed by atoms with van der Waals surface area (Å²) < 4.78 is 43.0. The quantitative estimate of drug-likeness (QED) is 0.677. The highest BCUT2D eigenvalue weighted by molar-refractivity contribution is 7.85. The van der Waals surface area contributed by atoms with Gasteiger partial charge < -0.3 is 14.6 Å². The van der Waals surface area contributed by atoms with E-state index in [-0.39, 0.29) is 0 Å². The molecule has 2 rings (SSSR count). The Balaban J connectivity index is 2.42. The Labute approximate surface area is 151 Å². The van der Waals surface area contributed by atoms with Crippen LogP contribution in [0.25, 0.3) is 0 Å². The Morgan fingerprint density at radius 3 is 2.36 bits per heavy atom. The van der Waals surface area contributed by atoms with Gasteiger partial charge in [-0.1, -0.05) is 41.9 Å². The van der Waals surface area contributed by atoms with Crippen LogP contribution >= 0.6 is 11.6 Å². The van der Waals surface area contributed by atoms with E-state index in [0.29, 0.717) is 22.1 Å². The molecule has 0 heterocycles. The highest BCUT2D eigenvalue weighted by Gasteiger charge is 2.29. The van der Waals surface area contributed by atoms with Gasteiger partial charge in [-0.25, -0.2) is 0 Å². The van der Waals surface area contributed by atoms with Crippen LogP contribution in [0.5, 0.6) is 11.5 Å². The summed E-state index contributed by atoms with van der Waals surface area (Å²) in [7, 11) is -2.84. The third-order valence-electron chi connectivity index (χ3n) is 3.60. The molecule has 0 unspecified atom stereocenters. The molecule has 0 amide bonds. The molecule has 0 fully saturated rings. The highest BCUT2D eigenvalue weighted by Crippen LogP contribution is 2.36. The van der Waals surface area contributed by atoms with Crippen molar-refractivity contribution in [1.29, 1.82) is 0 Å². The molecular weight excluding hydrogens is 368 g/mol. The fourth-order valence-corrected chi connectivity index (χ4v) is 3.44. The molecule has 2 atom stereocenters. The average molecular weight is 387 g/mol. The van der Waals surface area contributed by atoms with Gasteiger partial charge in [-0.2, -0.15) is 8.42 Å². The van der Waals surface area contributed by atoms with Gasteiger partial charge in [0.15, 0.2) is 11.5 Å². The molecule has 0 aliphatic rings. The fourth-order valence-electron chi connectivity index (χ4n) is 2.46. The molecule has 0 aliphatic carbocycles. The molecule has 25 heavy (non-hydrogen) atoms. The number of hydrogen-bond acceptors (Lipinski definition) is 5. The predicted octanol–water partition coefficient (Wildman–Crippen LogP) is 2.97. The lowest BCUT2D eigenvalue weighted by atomic mass is 9.97. The van der Waals surface area contributed by atoms with Gasteiger partial charge in [-0.05, 0) is 17.7 Å². The maximum Gasteiger partial charge on any atom is 0.265 e. The van der Waals surface area contributed by atoms with Crippen LogP contribution in [0, 0.1) is 5.92 Å². The van der Waals surface area contributed by atoms with Crippen LogP contribution in [0.15, 0.2) is 48.5 Å². The van der Waals surface area contributed by atoms with Gasteiger partial charge in [0.2, 0.25) is 0 Å². The lowest BCUT2D eigenvalue weighted by molar-refractivity contribution is 0.0946. The molecule has 2 N–H and O–H groups in total. The second kappa shape index (κ2) is 8.53. The molecule has 6 nitrogen and oxygen atoms in total. The van der Waals surface area contributed by atoms with Crippen LogP contribution in [-0.4, -0.2) is 37.5 Å². The van der Waals surface area contributed by atoms with E-state index < -0.39 is 34.5 Å². The molecule has 136 valence electrons. The van der Waals surface area contributed by atoms with Crippen LogP contribution in [0.3, 0.4) is 0 Å². The van der Waals surface area contributed by atoms with E-state index in [1.165, 1.54) is 7.11 Å². The smallest absolute Gasteiger partial charge is 0.265 e. The molecule has 0 aromatic heterocycles. The zero-order valence-corrected chi connectivity index (χ0v) is 15.1. The number of halogens is 1. The van der Waals surface area contributed by atoms with Crippen molar-refractivity contribution in [2.24, 2.45) is 5.92 Å². The lowest BCUT2D eigenvalue weighted by Gasteiger charge is -2.27. The highest BCUT2D eigenvalue weighted by atomic mass is 35.5. The first-order chi connectivity index (χ1) is 11.8. The molecular formula is C17H19ClO6S. The third-order valence-corrected chi connectivity index (χ3v) is 4.68. The molecule has 0 radical (unpaired) electrons. The lowest BCUT2D eigenvalue weighted by Crippen LogP contribution is -2.29. The number of methoxy groups -OCH3 is 1. The van der Waals surface area contributed by atoms with Crippen molar-refractivity contribution in [1.82, 2.24) is 0 Å². The first-order valence-electron chi connectivity index (χ1n) is 7.45. The molecule has 8 heteroatoms. The Morgan fingerprint density at radius 2 is 1.80 bits per heavy atom. The van der Waals surface area contributed by atoms with E-state index in [1.54, 1.807) is 48.5 Å². The Hall–Kier alpha value is -1.80. The summed E-state index contributed by atoms with van der Waals surface area (Å²) in [5, 5.41) is 10.1. The Bertz CT molecular complexity index is 794. The largest absolute Gasteiger partial charge is 0.493 e. The first kappa shape index (κ1) is 19.5. The molecule has 0 saturated heterocycles. The molecule has 2 aromatic carbocycles. The zero-order valence-electron chi connectivity index (χ0n) is 13.5. The standard InChI is InChI=1S/C17H19ClO6S/c1-23-16-9-14(18)7-8-15(16)24-17(12-5-3-2-4-6-12)13(10-19)11-25(20,21)22/h2-9,13,17,19H,10-11H2,1H3,(H,20,21,22)/t13-,17+/m0/s1.